The summed E-state index contributed by atoms with van der Waals surface area (Å²) in [4.78, 5) is 23.0. The Bertz CT molecular complexity index is 951. The molecule has 0 saturated carbocycles. The summed E-state index contributed by atoms with van der Waals surface area (Å²) in [5.41, 5.74) is -0.696. The first kappa shape index (κ1) is 22.4. The average molecular weight is 435 g/mol. The van der Waals surface area contributed by atoms with Gasteiger partial charge in [0.25, 0.3) is 0 Å². The fraction of sp³-hybridized carbons (Fsp3) is 0.294. The second kappa shape index (κ2) is 8.66. The highest BCUT2D eigenvalue weighted by atomic mass is 32.2. The normalized spacial score (nSPS) is 12.1. The number of halogens is 3. The zero-order valence-corrected chi connectivity index (χ0v) is 16.0. The first-order chi connectivity index (χ1) is 13.5. The predicted molar refractivity (Wildman–Crippen MR) is 91.5 cm³/mol. The van der Waals surface area contributed by atoms with Crippen LogP contribution in [0, 0.1) is 0 Å². The van der Waals surface area contributed by atoms with E-state index in [-0.39, 0.29) is 21.2 Å². The molecule has 8 nitrogen and oxygen atoms in total. The summed E-state index contributed by atoms with van der Waals surface area (Å²) in [7, 11) is -2.76. The zero-order valence-electron chi connectivity index (χ0n) is 15.2. The molecule has 2 rings (SSSR count). The molecule has 0 aliphatic carbocycles. The van der Waals surface area contributed by atoms with Crippen molar-refractivity contribution < 1.29 is 45.1 Å². The molecule has 0 spiro atoms. The fourth-order valence-electron chi connectivity index (χ4n) is 2.37. The largest absolute Gasteiger partial charge is 0.468 e. The Labute approximate surface area is 163 Å². The first-order valence-corrected chi connectivity index (χ1v) is 9.33. The third kappa shape index (κ3) is 5.57. The molecule has 0 aliphatic heterocycles. The maximum absolute atomic E-state index is 13.0. The van der Waals surface area contributed by atoms with Gasteiger partial charge in [-0.25, -0.2) is 18.0 Å². The van der Waals surface area contributed by atoms with Crippen LogP contribution in [0.15, 0.2) is 45.9 Å². The van der Waals surface area contributed by atoms with E-state index in [1.54, 1.807) is 0 Å². The monoisotopic (exact) mass is 435 g/mol. The maximum Gasteiger partial charge on any atom is 0.402 e. The molecule has 0 radical (unpaired) electrons. The average Bonchev–Trinajstić information content (AvgIpc) is 3.17. The van der Waals surface area contributed by atoms with E-state index in [1.807, 2.05) is 0 Å². The van der Waals surface area contributed by atoms with Crippen LogP contribution in [0.2, 0.25) is 0 Å². The maximum atomic E-state index is 13.0. The van der Waals surface area contributed by atoms with Crippen LogP contribution in [0.3, 0.4) is 0 Å². The van der Waals surface area contributed by atoms with Crippen molar-refractivity contribution in [1.29, 1.82) is 0 Å². The highest BCUT2D eigenvalue weighted by Crippen LogP contribution is 2.26. The summed E-state index contributed by atoms with van der Waals surface area (Å²) in [5.74, 6) is -2.00. The van der Waals surface area contributed by atoms with E-state index in [9.17, 15) is 31.2 Å². The van der Waals surface area contributed by atoms with Crippen molar-refractivity contribution in [2.75, 3.05) is 20.8 Å². The lowest BCUT2D eigenvalue weighted by Crippen LogP contribution is -2.38. The second-order valence-electron chi connectivity index (χ2n) is 5.70. The minimum Gasteiger partial charge on any atom is -0.468 e. The van der Waals surface area contributed by atoms with Crippen LogP contribution in [-0.2, 0) is 26.0 Å². The lowest BCUT2D eigenvalue weighted by molar-refractivity contribution is -0.137. The van der Waals surface area contributed by atoms with Crippen LogP contribution in [0.5, 0.6) is 0 Å². The summed E-state index contributed by atoms with van der Waals surface area (Å²) in [6.45, 7) is -2.53. The third-order valence-corrected chi connectivity index (χ3v) is 5.42. The molecule has 0 atom stereocenters. The molecular weight excluding hydrogens is 419 g/mol. The van der Waals surface area contributed by atoms with Crippen molar-refractivity contribution in [2.45, 2.75) is 17.6 Å². The molecular formula is C17H16F3NO7S. The SMILES string of the molecule is COC(=O)c1cc(C(=O)OC)cc(S(=O)(=O)N(Cc2ccco2)CC(F)(F)F)c1. The molecule has 0 unspecified atom stereocenters. The second-order valence-corrected chi connectivity index (χ2v) is 7.63. The van der Waals surface area contributed by atoms with Gasteiger partial charge in [0.1, 0.15) is 12.3 Å². The third-order valence-electron chi connectivity index (χ3n) is 3.65. The molecule has 1 heterocycles. The zero-order chi connectivity index (χ0) is 21.8. The van der Waals surface area contributed by atoms with Gasteiger partial charge in [0.05, 0.1) is 43.0 Å². The van der Waals surface area contributed by atoms with Crippen LogP contribution >= 0.6 is 0 Å². The number of alkyl halides is 3. The van der Waals surface area contributed by atoms with Gasteiger partial charge in [-0.15, -0.1) is 0 Å². The van der Waals surface area contributed by atoms with E-state index in [2.05, 4.69) is 9.47 Å². The van der Waals surface area contributed by atoms with E-state index >= 15 is 0 Å². The molecule has 0 N–H and O–H groups in total. The summed E-state index contributed by atoms with van der Waals surface area (Å²) < 4.78 is 79.0. The Morgan fingerprint density at radius 1 is 1.07 bits per heavy atom. The van der Waals surface area contributed by atoms with Crippen molar-refractivity contribution in [3.63, 3.8) is 0 Å². The molecule has 1 aromatic carbocycles. The van der Waals surface area contributed by atoms with E-state index in [0.29, 0.717) is 0 Å². The number of furan rings is 1. The van der Waals surface area contributed by atoms with Gasteiger partial charge in [-0.2, -0.15) is 17.5 Å². The summed E-state index contributed by atoms with van der Waals surface area (Å²) in [6, 6.07) is 5.35. The van der Waals surface area contributed by atoms with E-state index in [0.717, 1.165) is 32.4 Å². The van der Waals surface area contributed by atoms with E-state index in [4.69, 9.17) is 4.42 Å². The Morgan fingerprint density at radius 3 is 2.03 bits per heavy atom. The van der Waals surface area contributed by atoms with E-state index in [1.165, 1.54) is 18.4 Å². The van der Waals surface area contributed by atoms with E-state index < -0.39 is 46.1 Å². The Hall–Kier alpha value is -2.86. The van der Waals surface area contributed by atoms with Crippen molar-refractivity contribution >= 4 is 22.0 Å². The number of sulfonamides is 1. The van der Waals surface area contributed by atoms with Crippen LogP contribution in [0.4, 0.5) is 13.2 Å². The van der Waals surface area contributed by atoms with Gasteiger partial charge >= 0.3 is 18.1 Å². The van der Waals surface area contributed by atoms with Crippen LogP contribution in [-0.4, -0.2) is 51.6 Å². The molecule has 0 saturated heterocycles. The number of rotatable bonds is 7. The van der Waals surface area contributed by atoms with Gasteiger partial charge in [-0.1, -0.05) is 0 Å². The molecule has 0 aliphatic rings. The van der Waals surface area contributed by atoms with Gasteiger partial charge in [0.2, 0.25) is 10.0 Å². The smallest absolute Gasteiger partial charge is 0.402 e. The molecule has 0 fully saturated rings. The Morgan fingerprint density at radius 2 is 1.62 bits per heavy atom. The quantitative estimate of drug-likeness (QED) is 0.616. The molecule has 2 aromatic rings. The summed E-state index contributed by atoms with van der Waals surface area (Å²) in [6.07, 6.45) is -3.67. The lowest BCUT2D eigenvalue weighted by atomic mass is 10.1. The number of carbonyl (C=O) groups is 2. The molecule has 158 valence electrons. The summed E-state index contributed by atoms with van der Waals surface area (Å²) in [5, 5.41) is 0. The number of benzene rings is 1. The van der Waals surface area contributed by atoms with Crippen LogP contribution in [0.1, 0.15) is 26.5 Å². The van der Waals surface area contributed by atoms with Gasteiger partial charge in [0.15, 0.2) is 0 Å². The number of ether oxygens (including phenoxy) is 2. The Balaban J connectivity index is 2.59. The molecule has 0 bridgehead atoms. The lowest BCUT2D eigenvalue weighted by Gasteiger charge is -2.23. The van der Waals surface area contributed by atoms with Crippen molar-refractivity contribution in [2.24, 2.45) is 0 Å². The van der Waals surface area contributed by atoms with Gasteiger partial charge in [0, 0.05) is 0 Å². The van der Waals surface area contributed by atoms with Gasteiger partial charge in [-0.05, 0) is 30.3 Å². The van der Waals surface area contributed by atoms with Crippen molar-refractivity contribution in [3.8, 4) is 0 Å². The standard InChI is InChI=1S/C17H16F3NO7S/c1-26-15(22)11-6-12(16(23)27-2)8-14(7-11)29(24,25)21(10-17(18,19)20)9-13-4-3-5-28-13/h3-8H,9-10H2,1-2H3. The number of carbonyl (C=O) groups excluding carboxylic acids is 2. The number of hydrogen-bond acceptors (Lipinski definition) is 7. The minimum atomic E-state index is -4.86. The first-order valence-electron chi connectivity index (χ1n) is 7.89. The topological polar surface area (TPSA) is 103 Å². The molecule has 29 heavy (non-hydrogen) atoms. The van der Waals surface area contributed by atoms with Crippen LogP contribution in [0.25, 0.3) is 0 Å². The Kier molecular flexibility index (Phi) is 6.69. The number of methoxy groups -OCH3 is 2. The number of hydrogen-bond donors (Lipinski definition) is 0. The highest BCUT2D eigenvalue weighted by Gasteiger charge is 2.38. The molecule has 1 aromatic heterocycles. The summed E-state index contributed by atoms with van der Waals surface area (Å²) >= 11 is 0. The minimum absolute atomic E-state index is 0.0323. The van der Waals surface area contributed by atoms with Crippen LogP contribution < -0.4 is 0 Å². The van der Waals surface area contributed by atoms with Gasteiger partial charge in [-0.3, -0.25) is 0 Å². The predicted octanol–water partition coefficient (Wildman–Crippen LogP) is 2.61. The van der Waals surface area contributed by atoms with Gasteiger partial charge < -0.3 is 13.9 Å². The van der Waals surface area contributed by atoms with Crippen molar-refractivity contribution in [1.82, 2.24) is 4.31 Å². The molecule has 12 heteroatoms. The number of esters is 2. The molecule has 0 amide bonds. The van der Waals surface area contributed by atoms with Crippen molar-refractivity contribution in [3.05, 3.63) is 53.5 Å². The number of nitrogens with zero attached hydrogens (tertiary/aromatic N) is 1. The fourth-order valence-corrected chi connectivity index (χ4v) is 3.83. The highest BCUT2D eigenvalue weighted by molar-refractivity contribution is 7.89.